The van der Waals surface area contributed by atoms with E-state index in [-0.39, 0.29) is 257 Å². The van der Waals surface area contributed by atoms with E-state index < -0.39 is 59.2 Å². The van der Waals surface area contributed by atoms with Gasteiger partial charge in [-0.2, -0.15) is 0 Å². The third-order valence-corrected chi connectivity index (χ3v) is 9.08. The number of carboxylic acid groups (broad SMARTS) is 2. The number of hydrogen-bond donors (Lipinski definition) is 4. The van der Waals surface area contributed by atoms with Crippen molar-refractivity contribution >= 4 is 23.9 Å². The van der Waals surface area contributed by atoms with Crippen molar-refractivity contribution in [2.24, 2.45) is 0 Å². The minimum absolute atomic E-state index is 0. The number of ether oxygens (including phenoxy) is 5. The summed E-state index contributed by atoms with van der Waals surface area (Å²) in [6.45, 7) is 5.21. The van der Waals surface area contributed by atoms with Gasteiger partial charge in [0, 0.05) is 6.54 Å². The number of aliphatic hydroxyl groups excluding tert-OH is 1. The summed E-state index contributed by atoms with van der Waals surface area (Å²) in [5, 5.41) is 46.7. The van der Waals surface area contributed by atoms with Gasteiger partial charge in [-0.15, -0.1) is 0 Å². The SMILES string of the molecule is C.C.C.C.C.C.C.C.C.C.C.C.C.C.C.C.C.C.C.C.C.C.C.C.C.C.C.C.C.C.C.C.COC(=O)C[C@@](O)(CCCC(C)(C)O)C(=O)O[C@@H]1C(OC)=C[C@]23CCCN2CCc2cc4c(cc2[C@H]13)OCO4.O=C([O-])C(O)C(=O)O. The lowest BCUT2D eigenvalue weighted by atomic mass is 9.77. The summed E-state index contributed by atoms with van der Waals surface area (Å²) in [7, 11) is 2.76. The topological polar surface area (TPSA) is 222 Å². The van der Waals surface area contributed by atoms with Crippen molar-refractivity contribution in [2.75, 3.05) is 34.1 Å². The Kier molecular flexibility index (Phi) is 192. The van der Waals surface area contributed by atoms with Crippen LogP contribution in [0.2, 0.25) is 0 Å². The predicted octanol–water partition coefficient (Wildman–Crippen LogP) is 20.1. The summed E-state index contributed by atoms with van der Waals surface area (Å²) < 4.78 is 28.1. The molecule has 4 N–H and O–H groups in total. The minimum atomic E-state index is -2.41. The first kappa shape index (κ1) is 194. The Morgan fingerprint density at radius 2 is 1.08 bits per heavy atom. The van der Waals surface area contributed by atoms with E-state index in [4.69, 9.17) is 33.9 Å². The van der Waals surface area contributed by atoms with Crippen LogP contribution >= 0.6 is 0 Å². The number of aliphatic hydroxyl groups is 3. The van der Waals surface area contributed by atoms with Crippen LogP contribution in [0.4, 0.5) is 0 Å². The van der Waals surface area contributed by atoms with Gasteiger partial charge in [-0.25, -0.2) is 9.59 Å². The summed E-state index contributed by atoms with van der Waals surface area (Å²) in [4.78, 5) is 47.3. The molecule has 5 rings (SSSR count). The average Bonchev–Trinajstić information content (AvgIpc) is 3.69. The quantitative estimate of drug-likeness (QED) is 0.120. The molecule has 1 spiro atoms. The molecule has 1 fully saturated rings. The molecule has 5 atom stereocenters. The molecule has 15 nitrogen and oxygen atoms in total. The van der Waals surface area contributed by atoms with E-state index in [1.807, 2.05) is 12.1 Å². The third-order valence-electron chi connectivity index (χ3n) is 9.08. The van der Waals surface area contributed by atoms with Crippen molar-refractivity contribution in [1.29, 1.82) is 0 Å². The van der Waals surface area contributed by atoms with E-state index in [9.17, 15) is 34.5 Å². The highest BCUT2D eigenvalue weighted by atomic mass is 16.7. The number of carboxylic acids is 2. The van der Waals surface area contributed by atoms with Crippen LogP contribution in [0.5, 0.6) is 11.5 Å². The van der Waals surface area contributed by atoms with Gasteiger partial charge in [-0.05, 0) is 88.3 Å². The Hall–Kier alpha value is -3.92. The van der Waals surface area contributed by atoms with Crippen molar-refractivity contribution in [3.05, 3.63) is 35.1 Å². The summed E-state index contributed by atoms with van der Waals surface area (Å²) in [5.74, 6) is -3.88. The second-order valence-electron chi connectivity index (χ2n) is 12.8. The minimum Gasteiger partial charge on any atom is -0.547 e. The molecule has 0 aromatic heterocycles. The number of fused-ring (bicyclic) bond motifs is 3. The number of hydrogen-bond acceptors (Lipinski definition) is 14. The molecule has 3 aliphatic heterocycles. The maximum Gasteiger partial charge on any atom is 0.339 e. The van der Waals surface area contributed by atoms with Crippen LogP contribution < -0.4 is 14.6 Å². The number of nitrogens with zero attached hydrogens (tertiary/aromatic N) is 1. The number of benzene rings is 1. The molecule has 1 aromatic rings. The van der Waals surface area contributed by atoms with Gasteiger partial charge < -0.3 is 54.0 Å². The fraction of sp³-hybridized carbons (Fsp3) is 0.812. The Balaban J connectivity index is -0.0000000217. The van der Waals surface area contributed by atoms with E-state index >= 15 is 0 Å². The molecule has 1 saturated heterocycles. The highest BCUT2D eigenvalue weighted by Crippen LogP contribution is 2.55. The highest BCUT2D eigenvalue weighted by molar-refractivity contribution is 5.94. The first-order valence-electron chi connectivity index (χ1n) is 15.3. The fourth-order valence-corrected chi connectivity index (χ4v) is 6.81. The van der Waals surface area contributed by atoms with E-state index in [1.54, 1.807) is 21.0 Å². The van der Waals surface area contributed by atoms with Gasteiger partial charge in [0.25, 0.3) is 0 Å². The molecule has 79 heavy (non-hydrogen) atoms. The van der Waals surface area contributed by atoms with Crippen LogP contribution in [-0.2, 0) is 39.8 Å². The molecule has 1 aromatic carbocycles. The zero-order chi connectivity index (χ0) is 34.7. The van der Waals surface area contributed by atoms with Gasteiger partial charge in [0.05, 0.1) is 43.7 Å². The summed E-state index contributed by atoms with van der Waals surface area (Å²) >= 11 is 0. The van der Waals surface area contributed by atoms with Crippen LogP contribution in [0, 0.1) is 0 Å². The lowest BCUT2D eigenvalue weighted by Crippen LogP contribution is -2.49. The van der Waals surface area contributed by atoms with E-state index in [0.717, 1.165) is 43.5 Å². The van der Waals surface area contributed by atoms with Crippen molar-refractivity contribution in [2.45, 2.75) is 331 Å². The van der Waals surface area contributed by atoms with Crippen LogP contribution in [-0.4, -0.2) is 112 Å². The summed E-state index contributed by atoms with van der Waals surface area (Å²) in [6, 6.07) is 4.00. The lowest BCUT2D eigenvalue weighted by Gasteiger charge is -2.39. The molecule has 0 amide bonds. The van der Waals surface area contributed by atoms with Gasteiger partial charge in [0.15, 0.2) is 29.3 Å². The number of methoxy groups -OCH3 is 2. The van der Waals surface area contributed by atoms with E-state index in [1.165, 1.54) is 7.11 Å². The summed E-state index contributed by atoms with van der Waals surface area (Å²) in [5.41, 5.74) is -1.42. The molecule has 1 aliphatic carbocycles. The molecule has 0 radical (unpaired) electrons. The molecule has 0 saturated carbocycles. The molecule has 15 heteroatoms. The molecule has 0 bridgehead atoms. The standard InChI is InChI=1S/C29H39NO9.C3H4O5.32CH4/c1-27(2,33)8-5-10-29(34,16-23(31)36-4)26(32)39-25-22(35-3)15-28-9-6-11-30(28)12-7-18-13-20-21(38-17-37-20)14-19(18)24(25)28;4-1(2(5)6)3(7)8;;;;;;;;;;;;;;;;;;;;;;;;;;;;;;;;/h13-15,24-25,33-34H,5-12,16-17H2,1-4H3;1,4H,(H,5,6)(H,7,8);32*1H4/p-1/t24-,25-,28+,29+;;;;;;;;;;;;;;;;;;;;;;;;;;;;;;;;;/m1................................./s1. The second-order valence-corrected chi connectivity index (χ2v) is 12.8. The number of esters is 2. The van der Waals surface area contributed by atoms with Crippen molar-refractivity contribution in [3.8, 4) is 11.5 Å². The molecule has 3 heterocycles. The van der Waals surface area contributed by atoms with Crippen molar-refractivity contribution in [3.63, 3.8) is 0 Å². The van der Waals surface area contributed by atoms with E-state index in [2.05, 4.69) is 11.0 Å². The Morgan fingerprint density at radius 3 is 1.42 bits per heavy atom. The number of aliphatic carboxylic acids is 2. The van der Waals surface area contributed by atoms with Gasteiger partial charge in [0.2, 0.25) is 6.79 Å². The first-order valence-corrected chi connectivity index (χ1v) is 15.3. The molecular weight excluding hydrogens is 1010 g/mol. The molecular formula is C64H170NO14-. The van der Waals surface area contributed by atoms with Crippen molar-refractivity contribution in [1.82, 2.24) is 4.90 Å². The number of carbonyl (C=O) groups is 4. The van der Waals surface area contributed by atoms with Crippen LogP contribution in [0.25, 0.3) is 0 Å². The Labute approximate surface area is 507 Å². The maximum atomic E-state index is 13.8. The fourth-order valence-electron chi connectivity index (χ4n) is 6.81. The summed E-state index contributed by atoms with van der Waals surface area (Å²) in [6.07, 6.45) is 1.53. The molecule has 516 valence electrons. The van der Waals surface area contributed by atoms with Crippen LogP contribution in [0.3, 0.4) is 0 Å². The largest absolute Gasteiger partial charge is 0.547 e. The monoisotopic (exact) mass is 1180 g/mol. The van der Waals surface area contributed by atoms with Gasteiger partial charge in [0.1, 0.15) is 5.76 Å². The average molecular weight is 1180 g/mol. The highest BCUT2D eigenvalue weighted by Gasteiger charge is 2.59. The van der Waals surface area contributed by atoms with Gasteiger partial charge in [-0.1, -0.05) is 238 Å². The second kappa shape index (κ2) is 78.3. The Morgan fingerprint density at radius 1 is 0.671 bits per heavy atom. The molecule has 4 aliphatic rings. The van der Waals surface area contributed by atoms with E-state index in [0.29, 0.717) is 30.1 Å². The van der Waals surface area contributed by atoms with Gasteiger partial charge >= 0.3 is 17.9 Å². The molecule has 1 unspecified atom stereocenters. The van der Waals surface area contributed by atoms with Crippen LogP contribution in [0.1, 0.15) is 307 Å². The zero-order valence-corrected chi connectivity index (χ0v) is 26.9. The third kappa shape index (κ3) is 43.5. The zero-order valence-electron chi connectivity index (χ0n) is 26.9. The first-order chi connectivity index (χ1) is 22.0. The predicted molar refractivity (Wildman–Crippen MR) is 373 cm³/mol. The maximum absolute atomic E-state index is 13.8. The number of rotatable bonds is 11. The Bertz CT molecular complexity index is 1400. The normalized spacial score (nSPS) is 14.6. The van der Waals surface area contributed by atoms with Crippen LogP contribution in [0.15, 0.2) is 24.0 Å². The number of carbonyl (C=O) groups excluding carboxylic acids is 3. The van der Waals surface area contributed by atoms with Crippen molar-refractivity contribution < 1.29 is 68.4 Å². The smallest absolute Gasteiger partial charge is 0.339 e. The van der Waals surface area contributed by atoms with Gasteiger partial charge in [-0.3, -0.25) is 9.69 Å². The lowest BCUT2D eigenvalue weighted by molar-refractivity contribution is -0.313.